The predicted molar refractivity (Wildman–Crippen MR) is 57.4 cm³/mol. The normalized spacial score (nSPS) is 23.6. The first-order chi connectivity index (χ1) is 6.42. The van der Waals surface area contributed by atoms with Gasteiger partial charge in [-0.2, -0.15) is 0 Å². The molecule has 1 heterocycles. The van der Waals surface area contributed by atoms with Gasteiger partial charge < -0.3 is 5.73 Å². The maximum absolute atomic E-state index is 11.7. The molecule has 5 heteroatoms. The van der Waals surface area contributed by atoms with Crippen molar-refractivity contribution in [2.75, 3.05) is 18.8 Å². The Morgan fingerprint density at radius 2 is 1.93 bits per heavy atom. The summed E-state index contributed by atoms with van der Waals surface area (Å²) >= 11 is 0. The maximum Gasteiger partial charge on any atom is 0.215 e. The van der Waals surface area contributed by atoms with E-state index in [0.29, 0.717) is 19.0 Å². The largest absolute Gasteiger partial charge is 0.327 e. The standard InChI is InChI=1S/C9H20N2O2S/c1-8-3-5-11(6-4-8)14(12,13)7-9(2)10/h8-9H,3-7,10H2,1-2H3. The first-order valence-electron chi connectivity index (χ1n) is 5.15. The molecule has 0 amide bonds. The van der Waals surface area contributed by atoms with Gasteiger partial charge in [-0.3, -0.25) is 0 Å². The fraction of sp³-hybridized carbons (Fsp3) is 1.00. The van der Waals surface area contributed by atoms with E-state index in [1.807, 2.05) is 0 Å². The summed E-state index contributed by atoms with van der Waals surface area (Å²) in [5, 5.41) is 0. The Bertz CT molecular complexity index is 267. The average Bonchev–Trinajstić information content (AvgIpc) is 2.02. The molecule has 4 nitrogen and oxygen atoms in total. The Labute approximate surface area is 86.5 Å². The Morgan fingerprint density at radius 3 is 2.36 bits per heavy atom. The van der Waals surface area contributed by atoms with Crippen molar-refractivity contribution >= 4 is 10.0 Å². The summed E-state index contributed by atoms with van der Waals surface area (Å²) in [7, 11) is -3.10. The average molecular weight is 220 g/mol. The van der Waals surface area contributed by atoms with E-state index in [2.05, 4.69) is 6.92 Å². The lowest BCUT2D eigenvalue weighted by Crippen LogP contribution is -2.42. The fourth-order valence-electron chi connectivity index (χ4n) is 1.70. The number of nitrogens with zero attached hydrogens (tertiary/aromatic N) is 1. The third-order valence-electron chi connectivity index (χ3n) is 2.61. The zero-order valence-electron chi connectivity index (χ0n) is 8.94. The lowest BCUT2D eigenvalue weighted by molar-refractivity contribution is 0.287. The molecule has 1 atom stereocenters. The lowest BCUT2D eigenvalue weighted by Gasteiger charge is -2.29. The molecule has 0 aliphatic carbocycles. The lowest BCUT2D eigenvalue weighted by atomic mass is 10.0. The number of hydrogen-bond donors (Lipinski definition) is 1. The van der Waals surface area contributed by atoms with Crippen molar-refractivity contribution in [2.24, 2.45) is 11.7 Å². The molecule has 0 saturated carbocycles. The van der Waals surface area contributed by atoms with Gasteiger partial charge in [-0.1, -0.05) is 6.92 Å². The fourth-order valence-corrected chi connectivity index (χ4v) is 3.34. The molecular formula is C9H20N2O2S. The molecule has 0 bridgehead atoms. The summed E-state index contributed by atoms with van der Waals surface area (Å²) in [6, 6.07) is -0.278. The zero-order chi connectivity index (χ0) is 10.8. The van der Waals surface area contributed by atoms with Gasteiger partial charge in [0.2, 0.25) is 10.0 Å². The molecule has 1 rings (SSSR count). The van der Waals surface area contributed by atoms with Crippen LogP contribution in [-0.4, -0.2) is 37.6 Å². The second-order valence-electron chi connectivity index (χ2n) is 4.34. The molecule has 14 heavy (non-hydrogen) atoms. The Kier molecular flexibility index (Phi) is 3.92. The highest BCUT2D eigenvalue weighted by atomic mass is 32.2. The Balaban J connectivity index is 2.56. The third-order valence-corrected chi connectivity index (χ3v) is 4.71. The van der Waals surface area contributed by atoms with E-state index in [1.165, 1.54) is 0 Å². The van der Waals surface area contributed by atoms with E-state index in [4.69, 9.17) is 5.73 Å². The van der Waals surface area contributed by atoms with Crippen LogP contribution in [0.5, 0.6) is 0 Å². The van der Waals surface area contributed by atoms with Gasteiger partial charge in [0.15, 0.2) is 0 Å². The SMILES string of the molecule is CC(N)CS(=O)(=O)N1CCC(C)CC1. The van der Waals surface area contributed by atoms with Gasteiger partial charge >= 0.3 is 0 Å². The minimum atomic E-state index is -3.10. The molecule has 1 fully saturated rings. The predicted octanol–water partition coefficient (Wildman–Crippen LogP) is 0.395. The highest BCUT2D eigenvalue weighted by molar-refractivity contribution is 7.89. The molecule has 1 aliphatic rings. The molecule has 1 aliphatic heterocycles. The number of nitrogens with two attached hydrogens (primary N) is 1. The topological polar surface area (TPSA) is 63.4 Å². The van der Waals surface area contributed by atoms with Gasteiger partial charge in [-0.05, 0) is 25.7 Å². The van der Waals surface area contributed by atoms with Crippen molar-refractivity contribution in [1.82, 2.24) is 4.31 Å². The van der Waals surface area contributed by atoms with Crippen molar-refractivity contribution < 1.29 is 8.42 Å². The smallest absolute Gasteiger partial charge is 0.215 e. The summed E-state index contributed by atoms with van der Waals surface area (Å²) in [4.78, 5) is 0. The molecule has 1 saturated heterocycles. The summed E-state index contributed by atoms with van der Waals surface area (Å²) in [5.74, 6) is 0.721. The third kappa shape index (κ3) is 3.22. The second kappa shape index (κ2) is 4.59. The van der Waals surface area contributed by atoms with Gasteiger partial charge in [0.1, 0.15) is 0 Å². The van der Waals surface area contributed by atoms with Crippen LogP contribution < -0.4 is 5.73 Å². The number of piperidine rings is 1. The quantitative estimate of drug-likeness (QED) is 0.748. The van der Waals surface area contributed by atoms with E-state index in [-0.39, 0.29) is 11.8 Å². The van der Waals surface area contributed by atoms with Gasteiger partial charge in [0.25, 0.3) is 0 Å². The molecule has 0 aromatic rings. The van der Waals surface area contributed by atoms with Crippen molar-refractivity contribution in [3.63, 3.8) is 0 Å². The van der Waals surface area contributed by atoms with Crippen LogP contribution in [0.1, 0.15) is 26.7 Å². The minimum absolute atomic E-state index is 0.0708. The number of hydrogen-bond acceptors (Lipinski definition) is 3. The molecule has 0 spiro atoms. The van der Waals surface area contributed by atoms with Gasteiger partial charge in [-0.25, -0.2) is 12.7 Å². The van der Waals surface area contributed by atoms with Crippen LogP contribution in [-0.2, 0) is 10.0 Å². The van der Waals surface area contributed by atoms with Crippen LogP contribution in [0.4, 0.5) is 0 Å². The minimum Gasteiger partial charge on any atom is -0.327 e. The second-order valence-corrected chi connectivity index (χ2v) is 6.35. The van der Waals surface area contributed by atoms with Crippen LogP contribution in [0.25, 0.3) is 0 Å². The molecule has 1 unspecified atom stereocenters. The van der Waals surface area contributed by atoms with Gasteiger partial charge in [0.05, 0.1) is 5.75 Å². The summed E-state index contributed by atoms with van der Waals surface area (Å²) in [5.41, 5.74) is 5.51. The first-order valence-corrected chi connectivity index (χ1v) is 6.76. The summed E-state index contributed by atoms with van der Waals surface area (Å²) < 4.78 is 25.1. The van der Waals surface area contributed by atoms with E-state index >= 15 is 0 Å². The van der Waals surface area contributed by atoms with E-state index in [1.54, 1.807) is 11.2 Å². The van der Waals surface area contributed by atoms with E-state index in [0.717, 1.165) is 12.8 Å². The Hall–Kier alpha value is -0.130. The van der Waals surface area contributed by atoms with Crippen molar-refractivity contribution in [2.45, 2.75) is 32.7 Å². The Morgan fingerprint density at radius 1 is 1.43 bits per heavy atom. The zero-order valence-corrected chi connectivity index (χ0v) is 9.76. The van der Waals surface area contributed by atoms with Crippen LogP contribution in [0.15, 0.2) is 0 Å². The maximum atomic E-state index is 11.7. The van der Waals surface area contributed by atoms with Crippen LogP contribution in [0.3, 0.4) is 0 Å². The van der Waals surface area contributed by atoms with Crippen molar-refractivity contribution in [3.8, 4) is 0 Å². The molecule has 84 valence electrons. The monoisotopic (exact) mass is 220 g/mol. The van der Waals surface area contributed by atoms with Crippen LogP contribution in [0.2, 0.25) is 0 Å². The highest BCUT2D eigenvalue weighted by Crippen LogP contribution is 2.18. The first kappa shape index (κ1) is 11.9. The molecule has 0 aromatic carbocycles. The number of rotatable bonds is 3. The van der Waals surface area contributed by atoms with Crippen molar-refractivity contribution in [3.05, 3.63) is 0 Å². The van der Waals surface area contributed by atoms with E-state index < -0.39 is 10.0 Å². The molecule has 0 radical (unpaired) electrons. The van der Waals surface area contributed by atoms with Gasteiger partial charge in [-0.15, -0.1) is 0 Å². The van der Waals surface area contributed by atoms with E-state index in [9.17, 15) is 8.42 Å². The molecule has 0 aromatic heterocycles. The summed E-state index contributed by atoms with van der Waals surface area (Å²) in [6.07, 6.45) is 1.94. The summed E-state index contributed by atoms with van der Waals surface area (Å²) in [6.45, 7) is 5.21. The molecule has 2 N–H and O–H groups in total. The number of sulfonamides is 1. The van der Waals surface area contributed by atoms with Gasteiger partial charge in [0, 0.05) is 19.1 Å². The van der Waals surface area contributed by atoms with Crippen LogP contribution in [0, 0.1) is 5.92 Å². The molecular weight excluding hydrogens is 200 g/mol. The van der Waals surface area contributed by atoms with Crippen LogP contribution >= 0.6 is 0 Å². The van der Waals surface area contributed by atoms with Crippen molar-refractivity contribution in [1.29, 1.82) is 0 Å². The highest BCUT2D eigenvalue weighted by Gasteiger charge is 2.26.